The highest BCUT2D eigenvalue weighted by atomic mass is 16.6. The molecule has 23 heavy (non-hydrogen) atoms. The van der Waals surface area contributed by atoms with Crippen LogP contribution < -0.4 is 0 Å². The number of nitrogens with one attached hydrogen (secondary N) is 1. The van der Waals surface area contributed by atoms with Crippen molar-refractivity contribution in [3.05, 3.63) is 24.0 Å². The first-order chi connectivity index (χ1) is 10.8. The van der Waals surface area contributed by atoms with Gasteiger partial charge in [0, 0.05) is 31.6 Å². The van der Waals surface area contributed by atoms with Gasteiger partial charge in [0.15, 0.2) is 0 Å². The molecule has 130 valence electrons. The van der Waals surface area contributed by atoms with Crippen LogP contribution in [0.3, 0.4) is 0 Å². The molecular weight excluding hydrogens is 292 g/mol. The van der Waals surface area contributed by atoms with Crippen LogP contribution in [0, 0.1) is 5.92 Å². The van der Waals surface area contributed by atoms with Crippen molar-refractivity contribution in [2.45, 2.75) is 58.7 Å². The maximum atomic E-state index is 12.0. The molecule has 1 fully saturated rings. The fraction of sp³-hybridized carbons (Fsp3) is 0.722. The average Bonchev–Trinajstić information content (AvgIpc) is 3.00. The molecule has 1 amide bonds. The second-order valence-corrected chi connectivity index (χ2v) is 7.34. The van der Waals surface area contributed by atoms with Gasteiger partial charge in [-0.1, -0.05) is 0 Å². The van der Waals surface area contributed by atoms with Gasteiger partial charge in [-0.3, -0.25) is 0 Å². The number of piperidine rings is 1. The molecule has 1 aliphatic rings. The molecule has 1 aromatic rings. The number of hydrogen-bond acceptors (Lipinski definition) is 3. The third kappa shape index (κ3) is 5.90. The Balaban J connectivity index is 1.64. The first kappa shape index (κ1) is 17.9. The van der Waals surface area contributed by atoms with E-state index in [9.17, 15) is 4.79 Å². The van der Waals surface area contributed by atoms with Gasteiger partial charge in [-0.2, -0.15) is 0 Å². The number of aromatic amines is 1. The summed E-state index contributed by atoms with van der Waals surface area (Å²) in [5, 5.41) is 0. The first-order valence-electron chi connectivity index (χ1n) is 8.58. The van der Waals surface area contributed by atoms with E-state index in [2.05, 4.69) is 11.9 Å². The van der Waals surface area contributed by atoms with Gasteiger partial charge in [-0.15, -0.1) is 0 Å². The van der Waals surface area contributed by atoms with Gasteiger partial charge in [0.1, 0.15) is 5.60 Å². The molecule has 1 aliphatic heterocycles. The van der Waals surface area contributed by atoms with Crippen LogP contribution in [0.25, 0.3) is 0 Å². The molecule has 0 radical (unpaired) electrons. The molecule has 1 atom stereocenters. The van der Waals surface area contributed by atoms with E-state index in [1.165, 1.54) is 0 Å². The van der Waals surface area contributed by atoms with Crippen LogP contribution >= 0.6 is 0 Å². The summed E-state index contributed by atoms with van der Waals surface area (Å²) in [6.07, 6.45) is 4.94. The number of amides is 1. The summed E-state index contributed by atoms with van der Waals surface area (Å²) < 4.78 is 11.3. The van der Waals surface area contributed by atoms with Crippen molar-refractivity contribution in [2.75, 3.05) is 19.7 Å². The number of nitrogens with zero attached hydrogens (tertiary/aromatic N) is 1. The second-order valence-electron chi connectivity index (χ2n) is 7.34. The average molecular weight is 322 g/mol. The van der Waals surface area contributed by atoms with Crippen LogP contribution in [0.15, 0.2) is 18.3 Å². The van der Waals surface area contributed by atoms with Crippen molar-refractivity contribution in [1.82, 2.24) is 9.88 Å². The van der Waals surface area contributed by atoms with E-state index in [4.69, 9.17) is 9.47 Å². The predicted molar refractivity (Wildman–Crippen MR) is 90.3 cm³/mol. The van der Waals surface area contributed by atoms with Crippen molar-refractivity contribution in [3.63, 3.8) is 0 Å². The molecule has 0 saturated carbocycles. The fourth-order valence-electron chi connectivity index (χ4n) is 2.83. The molecule has 0 bridgehead atoms. The zero-order valence-corrected chi connectivity index (χ0v) is 14.8. The Labute approximate surface area is 139 Å². The molecule has 2 rings (SSSR count). The minimum absolute atomic E-state index is 0.104. The van der Waals surface area contributed by atoms with Crippen molar-refractivity contribution in [3.8, 4) is 0 Å². The van der Waals surface area contributed by atoms with Crippen LogP contribution in [0.5, 0.6) is 0 Å². The summed E-state index contributed by atoms with van der Waals surface area (Å²) in [4.78, 5) is 17.0. The summed E-state index contributed by atoms with van der Waals surface area (Å²) in [7, 11) is 0. The van der Waals surface area contributed by atoms with Gasteiger partial charge in [0.2, 0.25) is 0 Å². The van der Waals surface area contributed by atoms with E-state index < -0.39 is 5.60 Å². The Bertz CT molecular complexity index is 471. The highest BCUT2D eigenvalue weighted by Crippen LogP contribution is 2.23. The van der Waals surface area contributed by atoms with E-state index in [0.29, 0.717) is 5.92 Å². The Hall–Kier alpha value is -1.49. The van der Waals surface area contributed by atoms with Gasteiger partial charge in [-0.05, 0) is 65.0 Å². The minimum atomic E-state index is -0.421. The van der Waals surface area contributed by atoms with E-state index in [1.807, 2.05) is 44.0 Å². The number of carbonyl (C=O) groups is 1. The van der Waals surface area contributed by atoms with Crippen molar-refractivity contribution in [1.29, 1.82) is 0 Å². The molecule has 0 spiro atoms. The normalized spacial score (nSPS) is 18.0. The van der Waals surface area contributed by atoms with Gasteiger partial charge < -0.3 is 19.4 Å². The lowest BCUT2D eigenvalue weighted by atomic mass is 9.94. The van der Waals surface area contributed by atoms with Crippen LogP contribution in [-0.2, 0) is 9.47 Å². The molecule has 1 unspecified atom stereocenters. The lowest BCUT2D eigenvalue weighted by Crippen LogP contribution is -2.41. The third-order valence-electron chi connectivity index (χ3n) is 4.22. The SMILES string of the molecule is CC(OCCC1CCN(C(=O)OC(C)(C)C)CC1)c1ccc[nH]1. The molecule has 0 aliphatic carbocycles. The zero-order valence-electron chi connectivity index (χ0n) is 14.8. The van der Waals surface area contributed by atoms with Crippen LogP contribution in [0.2, 0.25) is 0 Å². The highest BCUT2D eigenvalue weighted by molar-refractivity contribution is 5.68. The summed E-state index contributed by atoms with van der Waals surface area (Å²) >= 11 is 0. The van der Waals surface area contributed by atoms with Crippen molar-refractivity contribution < 1.29 is 14.3 Å². The molecular formula is C18H30N2O3. The van der Waals surface area contributed by atoms with E-state index in [0.717, 1.165) is 44.7 Å². The molecule has 1 N–H and O–H groups in total. The minimum Gasteiger partial charge on any atom is -0.444 e. The standard InChI is InChI=1S/C18H30N2O3/c1-14(16-6-5-10-19-16)22-13-9-15-7-11-20(12-8-15)17(21)23-18(2,3)4/h5-6,10,14-15,19H,7-9,11-13H2,1-4H3. The summed E-state index contributed by atoms with van der Waals surface area (Å²) in [6, 6.07) is 4.03. The van der Waals surface area contributed by atoms with E-state index >= 15 is 0 Å². The molecule has 1 aromatic heterocycles. The molecule has 5 nitrogen and oxygen atoms in total. The number of rotatable bonds is 5. The molecule has 5 heteroatoms. The van der Waals surface area contributed by atoms with Gasteiger partial charge >= 0.3 is 6.09 Å². The zero-order chi connectivity index (χ0) is 16.9. The lowest BCUT2D eigenvalue weighted by Gasteiger charge is -2.33. The number of aromatic nitrogens is 1. The highest BCUT2D eigenvalue weighted by Gasteiger charge is 2.26. The predicted octanol–water partition coefficient (Wildman–Crippen LogP) is 4.13. The monoisotopic (exact) mass is 322 g/mol. The Morgan fingerprint density at radius 3 is 2.65 bits per heavy atom. The van der Waals surface area contributed by atoms with Crippen LogP contribution in [-0.4, -0.2) is 41.3 Å². The lowest BCUT2D eigenvalue weighted by molar-refractivity contribution is 0.0143. The summed E-state index contributed by atoms with van der Waals surface area (Å²) in [5.74, 6) is 0.629. The Morgan fingerprint density at radius 1 is 1.39 bits per heavy atom. The number of hydrogen-bond donors (Lipinski definition) is 1. The topological polar surface area (TPSA) is 54.6 Å². The maximum absolute atomic E-state index is 12.0. The molecule has 0 aromatic carbocycles. The Kier molecular flexibility index (Phi) is 6.10. The summed E-state index contributed by atoms with van der Waals surface area (Å²) in [5.41, 5.74) is 0.695. The van der Waals surface area contributed by atoms with E-state index in [-0.39, 0.29) is 12.2 Å². The second kappa shape index (κ2) is 7.86. The molecule has 2 heterocycles. The molecule has 1 saturated heterocycles. The number of H-pyrrole nitrogens is 1. The largest absolute Gasteiger partial charge is 0.444 e. The van der Waals surface area contributed by atoms with Crippen LogP contribution in [0.1, 0.15) is 58.8 Å². The number of likely N-dealkylation sites (tertiary alicyclic amines) is 1. The summed E-state index contributed by atoms with van der Waals surface area (Å²) in [6.45, 7) is 10.1. The van der Waals surface area contributed by atoms with Crippen molar-refractivity contribution in [2.24, 2.45) is 5.92 Å². The van der Waals surface area contributed by atoms with Crippen molar-refractivity contribution >= 4 is 6.09 Å². The number of carbonyl (C=O) groups excluding carboxylic acids is 1. The van der Waals surface area contributed by atoms with Gasteiger partial charge in [0.05, 0.1) is 6.10 Å². The van der Waals surface area contributed by atoms with Gasteiger partial charge in [0.25, 0.3) is 0 Å². The quantitative estimate of drug-likeness (QED) is 0.887. The van der Waals surface area contributed by atoms with Gasteiger partial charge in [-0.25, -0.2) is 4.79 Å². The maximum Gasteiger partial charge on any atom is 0.410 e. The fourth-order valence-corrected chi connectivity index (χ4v) is 2.83. The third-order valence-corrected chi connectivity index (χ3v) is 4.22. The number of ether oxygens (including phenoxy) is 2. The smallest absolute Gasteiger partial charge is 0.410 e. The van der Waals surface area contributed by atoms with Crippen LogP contribution in [0.4, 0.5) is 4.79 Å². The first-order valence-corrected chi connectivity index (χ1v) is 8.58. The van der Waals surface area contributed by atoms with E-state index in [1.54, 1.807) is 0 Å². The Morgan fingerprint density at radius 2 is 2.09 bits per heavy atom.